The second kappa shape index (κ2) is 8.88. The summed E-state index contributed by atoms with van der Waals surface area (Å²) in [6.07, 6.45) is 0. The fourth-order valence-electron chi connectivity index (χ4n) is 3.00. The van der Waals surface area contributed by atoms with Crippen molar-refractivity contribution in [1.29, 1.82) is 0 Å². The molecule has 0 saturated heterocycles. The topological polar surface area (TPSA) is 66.9 Å². The molecule has 4 rings (SSSR count). The van der Waals surface area contributed by atoms with Crippen LogP contribution >= 0.6 is 11.6 Å². The van der Waals surface area contributed by atoms with Crippen molar-refractivity contribution in [3.63, 3.8) is 0 Å². The first-order chi connectivity index (χ1) is 14.6. The Morgan fingerprint density at radius 1 is 0.900 bits per heavy atom. The Balaban J connectivity index is 1.48. The lowest BCUT2D eigenvalue weighted by Crippen LogP contribution is -2.29. The number of rotatable bonds is 6. The molecule has 2 N–H and O–H groups in total. The minimum Gasteiger partial charge on any atom is -0.368 e. The summed E-state index contributed by atoms with van der Waals surface area (Å²) in [6, 6.07) is 20.5. The van der Waals surface area contributed by atoms with Gasteiger partial charge in [-0.2, -0.15) is 0 Å². The quantitative estimate of drug-likeness (QED) is 0.434. The van der Waals surface area contributed by atoms with E-state index in [4.69, 9.17) is 11.6 Å². The molecule has 7 heteroatoms. The molecule has 0 atom stereocenters. The van der Waals surface area contributed by atoms with Crippen LogP contribution < -0.4 is 10.6 Å². The number of hydrogen-bond donors (Lipinski definition) is 2. The van der Waals surface area contributed by atoms with Crippen molar-refractivity contribution in [3.05, 3.63) is 89.2 Å². The van der Waals surface area contributed by atoms with Crippen LogP contribution in [0.4, 0.5) is 10.2 Å². The molecule has 0 saturated carbocycles. The van der Waals surface area contributed by atoms with Crippen molar-refractivity contribution in [2.24, 2.45) is 0 Å². The molecule has 0 aliphatic heterocycles. The summed E-state index contributed by atoms with van der Waals surface area (Å²) in [5, 5.41) is 7.62. The number of carbonyl (C=O) groups is 1. The van der Waals surface area contributed by atoms with E-state index < -0.39 is 0 Å². The first kappa shape index (κ1) is 19.8. The highest BCUT2D eigenvalue weighted by Gasteiger charge is 2.10. The average Bonchev–Trinajstić information content (AvgIpc) is 2.77. The Labute approximate surface area is 177 Å². The first-order valence-corrected chi connectivity index (χ1v) is 9.78. The van der Waals surface area contributed by atoms with Gasteiger partial charge in [0.05, 0.1) is 5.52 Å². The zero-order chi connectivity index (χ0) is 20.9. The summed E-state index contributed by atoms with van der Waals surface area (Å²) < 4.78 is 13.0. The van der Waals surface area contributed by atoms with E-state index in [0.717, 1.165) is 16.5 Å². The zero-order valence-corrected chi connectivity index (χ0v) is 16.7. The van der Waals surface area contributed by atoms with Gasteiger partial charge < -0.3 is 10.6 Å². The van der Waals surface area contributed by atoms with Gasteiger partial charge in [-0.3, -0.25) is 4.79 Å². The summed E-state index contributed by atoms with van der Waals surface area (Å²) >= 11 is 5.98. The lowest BCUT2D eigenvalue weighted by atomic mass is 10.2. The molecule has 150 valence electrons. The molecule has 30 heavy (non-hydrogen) atoms. The lowest BCUT2D eigenvalue weighted by molar-refractivity contribution is 0.0955. The van der Waals surface area contributed by atoms with Gasteiger partial charge in [-0.15, -0.1) is 0 Å². The summed E-state index contributed by atoms with van der Waals surface area (Å²) in [5.74, 6) is 0.636. The summed E-state index contributed by atoms with van der Waals surface area (Å²) in [7, 11) is 0. The highest BCUT2D eigenvalue weighted by molar-refractivity contribution is 6.30. The van der Waals surface area contributed by atoms with E-state index in [1.54, 1.807) is 12.1 Å². The van der Waals surface area contributed by atoms with Crippen LogP contribution in [0, 0.1) is 5.82 Å². The number of carbonyl (C=O) groups excluding carboxylic acids is 1. The van der Waals surface area contributed by atoms with Crippen molar-refractivity contribution < 1.29 is 9.18 Å². The van der Waals surface area contributed by atoms with Crippen LogP contribution in [0.5, 0.6) is 0 Å². The minimum atomic E-state index is -0.375. The van der Waals surface area contributed by atoms with E-state index in [9.17, 15) is 9.18 Å². The van der Waals surface area contributed by atoms with Crippen molar-refractivity contribution >= 4 is 34.2 Å². The summed E-state index contributed by atoms with van der Waals surface area (Å²) in [5.41, 5.74) is 2.09. The lowest BCUT2D eigenvalue weighted by Gasteiger charge is -2.12. The van der Waals surface area contributed by atoms with Gasteiger partial charge in [0.25, 0.3) is 5.91 Å². The minimum absolute atomic E-state index is 0.258. The number of nitrogens with zero attached hydrogens (tertiary/aromatic N) is 2. The predicted octanol–water partition coefficient (Wildman–Crippen LogP) is 4.93. The fourth-order valence-corrected chi connectivity index (χ4v) is 3.13. The molecule has 1 amide bonds. The largest absolute Gasteiger partial charge is 0.368 e. The standard InChI is InChI=1S/C23H18ClFN4O/c24-17-9-5-15(6-10-17)21-28-20-4-2-1-3-19(20)22(29-21)26-13-14-27-23(30)16-7-11-18(25)12-8-16/h1-12H,13-14H2,(H,27,30)(H,26,28,29). The Morgan fingerprint density at radius 2 is 1.63 bits per heavy atom. The molecule has 0 spiro atoms. The van der Waals surface area contributed by atoms with Gasteiger partial charge in [-0.05, 0) is 60.7 Å². The van der Waals surface area contributed by atoms with E-state index in [-0.39, 0.29) is 11.7 Å². The second-order valence-corrected chi connectivity index (χ2v) is 7.05. The molecule has 0 fully saturated rings. The molecule has 5 nitrogen and oxygen atoms in total. The number of amides is 1. The second-order valence-electron chi connectivity index (χ2n) is 6.61. The Morgan fingerprint density at radius 3 is 2.40 bits per heavy atom. The molecule has 0 aliphatic carbocycles. The number of benzene rings is 3. The van der Waals surface area contributed by atoms with Gasteiger partial charge in [-0.25, -0.2) is 14.4 Å². The number of anilines is 1. The fraction of sp³-hybridized carbons (Fsp3) is 0.0870. The van der Waals surface area contributed by atoms with E-state index in [0.29, 0.717) is 35.3 Å². The molecule has 3 aromatic carbocycles. The monoisotopic (exact) mass is 420 g/mol. The van der Waals surface area contributed by atoms with Gasteiger partial charge in [0.15, 0.2) is 5.82 Å². The van der Waals surface area contributed by atoms with Crippen LogP contribution in [0.2, 0.25) is 5.02 Å². The van der Waals surface area contributed by atoms with Crippen molar-refractivity contribution in [3.8, 4) is 11.4 Å². The van der Waals surface area contributed by atoms with Gasteiger partial charge in [-0.1, -0.05) is 23.7 Å². The third kappa shape index (κ3) is 4.55. The van der Waals surface area contributed by atoms with Gasteiger partial charge in [0.1, 0.15) is 11.6 Å². The highest BCUT2D eigenvalue weighted by atomic mass is 35.5. The third-order valence-electron chi connectivity index (χ3n) is 4.52. The van der Waals surface area contributed by atoms with Crippen LogP contribution in [0.25, 0.3) is 22.3 Å². The highest BCUT2D eigenvalue weighted by Crippen LogP contribution is 2.25. The van der Waals surface area contributed by atoms with Crippen LogP contribution in [-0.2, 0) is 0 Å². The van der Waals surface area contributed by atoms with Crippen LogP contribution in [0.3, 0.4) is 0 Å². The van der Waals surface area contributed by atoms with Crippen LogP contribution in [-0.4, -0.2) is 29.0 Å². The molecule has 0 radical (unpaired) electrons. The van der Waals surface area contributed by atoms with E-state index in [1.807, 2.05) is 36.4 Å². The molecule has 1 heterocycles. The number of nitrogens with one attached hydrogen (secondary N) is 2. The maximum Gasteiger partial charge on any atom is 0.251 e. The maximum atomic E-state index is 13.0. The third-order valence-corrected chi connectivity index (χ3v) is 4.77. The van der Waals surface area contributed by atoms with Gasteiger partial charge in [0.2, 0.25) is 0 Å². The normalized spacial score (nSPS) is 10.7. The SMILES string of the molecule is O=C(NCCNc1nc(-c2ccc(Cl)cc2)nc2ccccc12)c1ccc(F)cc1. The average molecular weight is 421 g/mol. The van der Waals surface area contributed by atoms with Crippen LogP contribution in [0.15, 0.2) is 72.8 Å². The van der Waals surface area contributed by atoms with Gasteiger partial charge in [0, 0.05) is 34.6 Å². The van der Waals surface area contributed by atoms with E-state index in [2.05, 4.69) is 20.6 Å². The molecule has 1 aromatic heterocycles. The Kier molecular flexibility index (Phi) is 5.86. The van der Waals surface area contributed by atoms with Crippen molar-refractivity contribution in [2.75, 3.05) is 18.4 Å². The number of fused-ring (bicyclic) bond motifs is 1. The Bertz CT molecular complexity index is 1180. The molecule has 0 aliphatic rings. The van der Waals surface area contributed by atoms with E-state index >= 15 is 0 Å². The molecule has 0 bridgehead atoms. The molecular weight excluding hydrogens is 403 g/mol. The zero-order valence-electron chi connectivity index (χ0n) is 15.9. The van der Waals surface area contributed by atoms with E-state index in [1.165, 1.54) is 24.3 Å². The summed E-state index contributed by atoms with van der Waals surface area (Å²) in [4.78, 5) is 21.5. The number of hydrogen-bond acceptors (Lipinski definition) is 4. The molecular formula is C23H18ClFN4O. The van der Waals surface area contributed by atoms with Gasteiger partial charge >= 0.3 is 0 Å². The Hall–Kier alpha value is -3.51. The predicted molar refractivity (Wildman–Crippen MR) is 117 cm³/mol. The van der Waals surface area contributed by atoms with Crippen LogP contribution in [0.1, 0.15) is 10.4 Å². The molecule has 0 unspecified atom stereocenters. The summed E-state index contributed by atoms with van der Waals surface area (Å²) in [6.45, 7) is 0.846. The number of para-hydroxylation sites is 1. The smallest absolute Gasteiger partial charge is 0.251 e. The first-order valence-electron chi connectivity index (χ1n) is 9.40. The molecule has 4 aromatic rings. The number of aromatic nitrogens is 2. The van der Waals surface area contributed by atoms with Crippen molar-refractivity contribution in [1.82, 2.24) is 15.3 Å². The number of halogens is 2. The maximum absolute atomic E-state index is 13.0. The van der Waals surface area contributed by atoms with Crippen molar-refractivity contribution in [2.45, 2.75) is 0 Å².